The van der Waals surface area contributed by atoms with Gasteiger partial charge >= 0.3 is 12.1 Å². The summed E-state index contributed by atoms with van der Waals surface area (Å²) in [7, 11) is 0. The molecule has 2 saturated heterocycles. The maximum Gasteiger partial charge on any atom is 0.397 e. The minimum absolute atomic E-state index is 0.0248. The summed E-state index contributed by atoms with van der Waals surface area (Å²) >= 11 is 0. The molecule has 3 aliphatic rings. The number of esters is 1. The van der Waals surface area contributed by atoms with Crippen LogP contribution in [0.4, 0.5) is 13.2 Å². The Morgan fingerprint density at radius 3 is 2.32 bits per heavy atom. The predicted molar refractivity (Wildman–Crippen MR) is 85.4 cm³/mol. The van der Waals surface area contributed by atoms with E-state index in [1.54, 1.807) is 20.8 Å². The highest BCUT2D eigenvalue weighted by Gasteiger charge is 2.50. The van der Waals surface area contributed by atoms with E-state index in [1.807, 2.05) is 6.92 Å². The molecule has 2 bridgehead atoms. The van der Waals surface area contributed by atoms with Gasteiger partial charge in [0.25, 0.3) is 0 Å². The molecule has 1 aliphatic carbocycles. The van der Waals surface area contributed by atoms with Crippen molar-refractivity contribution in [1.29, 1.82) is 0 Å². The van der Waals surface area contributed by atoms with Crippen molar-refractivity contribution in [3.05, 3.63) is 0 Å². The number of nitrogens with zero attached hydrogens (tertiary/aromatic N) is 1. The minimum atomic E-state index is -4.56. The molecular weight excluding hydrogens is 337 g/mol. The van der Waals surface area contributed by atoms with Crippen LogP contribution in [0.3, 0.4) is 0 Å². The lowest BCUT2D eigenvalue weighted by Crippen LogP contribution is -2.58. The zero-order valence-electron chi connectivity index (χ0n) is 15.1. The number of amides is 1. The SMILES string of the molecule is C[C@@H]1CC2C[C@H](N)[C@H](OC(=O)C(C)(C)C)C1N(C(=O)CC(F)(F)F)C2. The van der Waals surface area contributed by atoms with Crippen LogP contribution in [-0.2, 0) is 14.3 Å². The molecule has 8 heteroatoms. The molecule has 0 aromatic heterocycles. The molecule has 2 unspecified atom stereocenters. The quantitative estimate of drug-likeness (QED) is 0.764. The molecule has 5 nitrogen and oxygen atoms in total. The average Bonchev–Trinajstić information content (AvgIpc) is 2.60. The van der Waals surface area contributed by atoms with Crippen LogP contribution in [0.2, 0.25) is 0 Å². The number of hydrogen-bond donors (Lipinski definition) is 1. The van der Waals surface area contributed by atoms with Gasteiger partial charge in [0.2, 0.25) is 5.91 Å². The molecule has 0 aromatic carbocycles. The third kappa shape index (κ3) is 4.65. The maximum absolute atomic E-state index is 12.7. The highest BCUT2D eigenvalue weighted by atomic mass is 19.4. The average molecular weight is 364 g/mol. The lowest BCUT2D eigenvalue weighted by molar-refractivity contribution is -0.175. The number of fused-ring (bicyclic) bond motifs is 4. The van der Waals surface area contributed by atoms with Crippen LogP contribution in [0, 0.1) is 17.3 Å². The van der Waals surface area contributed by atoms with Crippen molar-refractivity contribution >= 4 is 11.9 Å². The molecule has 144 valence electrons. The summed E-state index contributed by atoms with van der Waals surface area (Å²) in [6.07, 6.45) is -5.56. The fraction of sp³-hybridized carbons (Fsp3) is 0.882. The highest BCUT2D eigenvalue weighted by Crippen LogP contribution is 2.39. The third-order valence-electron chi connectivity index (χ3n) is 4.99. The summed E-state index contributed by atoms with van der Waals surface area (Å²) in [6.45, 7) is 7.21. The molecule has 1 saturated carbocycles. The van der Waals surface area contributed by atoms with E-state index in [1.165, 1.54) is 4.90 Å². The van der Waals surface area contributed by atoms with E-state index in [-0.39, 0.29) is 18.4 Å². The van der Waals surface area contributed by atoms with Gasteiger partial charge in [-0.25, -0.2) is 0 Å². The number of ether oxygens (including phenoxy) is 1. The fourth-order valence-corrected chi connectivity index (χ4v) is 3.89. The zero-order valence-corrected chi connectivity index (χ0v) is 15.1. The second-order valence-electron chi connectivity index (χ2n) is 8.43. The molecule has 3 fully saturated rings. The van der Waals surface area contributed by atoms with E-state index in [9.17, 15) is 22.8 Å². The number of piperidine rings is 1. The number of hydrogen-bond acceptors (Lipinski definition) is 4. The molecule has 0 spiro atoms. The normalized spacial score (nSPS) is 33.1. The topological polar surface area (TPSA) is 72.6 Å². The number of nitrogens with two attached hydrogens (primary N) is 1. The van der Waals surface area contributed by atoms with E-state index in [2.05, 4.69) is 0 Å². The standard InChI is InChI=1S/C17H27F3N2O3/c1-9-5-10-6-11(21)14(25-15(24)16(2,3)4)13(9)22(8-10)12(23)7-17(18,19)20/h9-11,13-14H,5-8,21H2,1-4H3/t9-,10?,11+,13?,14+/m1/s1. The molecular formula is C17H27F3N2O3. The lowest BCUT2D eigenvalue weighted by atomic mass is 9.85. The van der Waals surface area contributed by atoms with Crippen LogP contribution in [-0.4, -0.2) is 47.7 Å². The van der Waals surface area contributed by atoms with Gasteiger partial charge in [-0.05, 0) is 45.4 Å². The first-order valence-corrected chi connectivity index (χ1v) is 8.62. The van der Waals surface area contributed by atoms with Crippen LogP contribution in [0.15, 0.2) is 0 Å². The van der Waals surface area contributed by atoms with Crippen molar-refractivity contribution in [2.45, 2.75) is 71.3 Å². The monoisotopic (exact) mass is 364 g/mol. The molecule has 0 radical (unpaired) electrons. The van der Waals surface area contributed by atoms with E-state index < -0.39 is 48.1 Å². The number of carbonyl (C=O) groups excluding carboxylic acids is 2. The van der Waals surface area contributed by atoms with Gasteiger partial charge in [0.15, 0.2) is 0 Å². The number of alkyl halides is 3. The first kappa shape index (κ1) is 20.0. The minimum Gasteiger partial charge on any atom is -0.458 e. The molecule has 3 rings (SSSR count). The van der Waals surface area contributed by atoms with Crippen molar-refractivity contribution in [2.24, 2.45) is 23.0 Å². The molecule has 5 atom stereocenters. The summed E-state index contributed by atoms with van der Waals surface area (Å²) in [5.41, 5.74) is 5.45. The molecule has 0 aromatic rings. The number of carbonyl (C=O) groups is 2. The van der Waals surface area contributed by atoms with Crippen molar-refractivity contribution < 1.29 is 27.5 Å². The van der Waals surface area contributed by atoms with Gasteiger partial charge in [-0.1, -0.05) is 6.92 Å². The van der Waals surface area contributed by atoms with Crippen molar-refractivity contribution in [1.82, 2.24) is 4.90 Å². The Labute approximate surface area is 146 Å². The van der Waals surface area contributed by atoms with Gasteiger partial charge in [0.1, 0.15) is 12.5 Å². The molecule has 2 aliphatic heterocycles. The Kier molecular flexibility index (Phi) is 5.42. The van der Waals surface area contributed by atoms with Crippen molar-refractivity contribution in [2.75, 3.05) is 6.54 Å². The van der Waals surface area contributed by atoms with Crippen LogP contribution in [0.25, 0.3) is 0 Å². The molecule has 1 amide bonds. The second kappa shape index (κ2) is 6.78. The smallest absolute Gasteiger partial charge is 0.397 e. The van der Waals surface area contributed by atoms with Crippen molar-refractivity contribution in [3.63, 3.8) is 0 Å². The summed E-state index contributed by atoms with van der Waals surface area (Å²) < 4.78 is 43.7. The van der Waals surface area contributed by atoms with Crippen molar-refractivity contribution in [3.8, 4) is 0 Å². The maximum atomic E-state index is 12.7. The number of rotatable bonds is 2. The Morgan fingerprint density at radius 1 is 1.20 bits per heavy atom. The predicted octanol–water partition coefficient (Wildman–Crippen LogP) is 2.48. The van der Waals surface area contributed by atoms with Gasteiger partial charge in [-0.3, -0.25) is 9.59 Å². The Balaban J connectivity index is 2.29. The summed E-state index contributed by atoms with van der Waals surface area (Å²) in [4.78, 5) is 25.8. The molecule has 25 heavy (non-hydrogen) atoms. The lowest BCUT2D eigenvalue weighted by Gasteiger charge is -2.44. The first-order chi connectivity index (χ1) is 11.3. The van der Waals surface area contributed by atoms with E-state index in [0.717, 1.165) is 6.42 Å². The zero-order chi connectivity index (χ0) is 19.2. The van der Waals surface area contributed by atoms with E-state index >= 15 is 0 Å². The van der Waals surface area contributed by atoms with Crippen LogP contribution < -0.4 is 5.73 Å². The molecule has 2 heterocycles. The summed E-state index contributed by atoms with van der Waals surface area (Å²) in [5, 5.41) is 0. The summed E-state index contributed by atoms with van der Waals surface area (Å²) in [6, 6.07) is -1.11. The van der Waals surface area contributed by atoms with Gasteiger partial charge in [0.05, 0.1) is 11.5 Å². The van der Waals surface area contributed by atoms with Gasteiger partial charge in [-0.2, -0.15) is 13.2 Å². The van der Waals surface area contributed by atoms with Gasteiger partial charge in [-0.15, -0.1) is 0 Å². The summed E-state index contributed by atoms with van der Waals surface area (Å²) in [5.74, 6) is -1.49. The Hall–Kier alpha value is -1.31. The van der Waals surface area contributed by atoms with Gasteiger partial charge < -0.3 is 15.4 Å². The van der Waals surface area contributed by atoms with Crippen LogP contribution in [0.5, 0.6) is 0 Å². The number of halogens is 3. The highest BCUT2D eigenvalue weighted by molar-refractivity contribution is 5.78. The van der Waals surface area contributed by atoms with Crippen LogP contribution >= 0.6 is 0 Å². The largest absolute Gasteiger partial charge is 0.458 e. The molecule has 2 N–H and O–H groups in total. The van der Waals surface area contributed by atoms with E-state index in [4.69, 9.17) is 10.5 Å². The third-order valence-corrected chi connectivity index (χ3v) is 4.99. The fourth-order valence-electron chi connectivity index (χ4n) is 3.89. The van der Waals surface area contributed by atoms with Crippen LogP contribution in [0.1, 0.15) is 47.0 Å². The second-order valence-corrected chi connectivity index (χ2v) is 8.43. The Morgan fingerprint density at radius 2 is 1.80 bits per heavy atom. The van der Waals surface area contributed by atoms with E-state index in [0.29, 0.717) is 6.42 Å². The van der Waals surface area contributed by atoms with Gasteiger partial charge in [0, 0.05) is 12.6 Å². The Bertz CT molecular complexity index is 530. The first-order valence-electron chi connectivity index (χ1n) is 8.62.